The van der Waals surface area contributed by atoms with Crippen molar-refractivity contribution < 1.29 is 33.3 Å². The Bertz CT molecular complexity index is 2390. The van der Waals surface area contributed by atoms with E-state index in [0.717, 1.165) is 55.8 Å². The molecule has 1 amide bonds. The van der Waals surface area contributed by atoms with Gasteiger partial charge in [0.05, 0.1) is 26.2 Å². The highest BCUT2D eigenvalue weighted by atomic mass is 16.5. The van der Waals surface area contributed by atoms with Gasteiger partial charge in [0, 0.05) is 18.0 Å². The number of hydrogen-bond acceptors (Lipinski definition) is 8. The Labute approximate surface area is 325 Å². The minimum absolute atomic E-state index is 0.0959. The second-order valence-electron chi connectivity index (χ2n) is 12.7. The highest BCUT2D eigenvalue weighted by Gasteiger charge is 2.15. The van der Waals surface area contributed by atoms with E-state index < -0.39 is 5.97 Å². The number of ether oxygens (including phenoxy) is 4. The molecule has 0 atom stereocenters. The van der Waals surface area contributed by atoms with Crippen LogP contribution in [-0.4, -0.2) is 42.3 Å². The Kier molecular flexibility index (Phi) is 12.9. The van der Waals surface area contributed by atoms with E-state index >= 15 is 0 Å². The summed E-state index contributed by atoms with van der Waals surface area (Å²) in [7, 11) is 2.69. The Morgan fingerprint density at radius 3 is 1.64 bits per heavy atom. The number of nitrogens with one attached hydrogen (secondary N) is 2. The molecule has 0 aliphatic carbocycles. The van der Waals surface area contributed by atoms with E-state index in [1.165, 1.54) is 21.1 Å². The Balaban J connectivity index is 0.000000190. The number of anilines is 1. The van der Waals surface area contributed by atoms with Crippen molar-refractivity contribution in [1.82, 2.24) is 10.2 Å². The number of H-pyrrole nitrogens is 1. The zero-order valence-electron chi connectivity index (χ0n) is 31.3. The second kappa shape index (κ2) is 18.7. The molecule has 0 saturated carbocycles. The first-order chi connectivity index (χ1) is 27.3. The summed E-state index contributed by atoms with van der Waals surface area (Å²) in [6, 6.07) is 47.2. The highest BCUT2D eigenvalue weighted by Crippen LogP contribution is 2.29. The minimum Gasteiger partial charge on any atom is -0.489 e. The maximum absolute atomic E-state index is 11.7. The van der Waals surface area contributed by atoms with Gasteiger partial charge in [-0.25, -0.2) is 4.79 Å². The summed E-state index contributed by atoms with van der Waals surface area (Å²) in [6.45, 7) is 2.49. The number of carbonyl (C=O) groups excluding carboxylic acids is 3. The number of esters is 2. The highest BCUT2D eigenvalue weighted by molar-refractivity contribution is 6.02. The molecule has 1 heterocycles. The van der Waals surface area contributed by atoms with E-state index in [9.17, 15) is 14.4 Å². The van der Waals surface area contributed by atoms with Crippen LogP contribution >= 0.6 is 0 Å². The van der Waals surface area contributed by atoms with Gasteiger partial charge in [-0.3, -0.25) is 14.7 Å². The largest absolute Gasteiger partial charge is 0.489 e. The summed E-state index contributed by atoms with van der Waals surface area (Å²) in [4.78, 5) is 34.9. The molecule has 0 aliphatic rings. The average Bonchev–Trinajstić information content (AvgIpc) is 3.67. The fourth-order valence-electron chi connectivity index (χ4n) is 5.86. The van der Waals surface area contributed by atoms with Crippen LogP contribution in [0.1, 0.15) is 34.1 Å². The molecule has 56 heavy (non-hydrogen) atoms. The van der Waals surface area contributed by atoms with E-state index in [-0.39, 0.29) is 18.3 Å². The van der Waals surface area contributed by atoms with E-state index in [0.29, 0.717) is 30.2 Å². The molecule has 1 aromatic heterocycles. The molecule has 7 rings (SSSR count). The van der Waals surface area contributed by atoms with Crippen LogP contribution in [0.15, 0.2) is 146 Å². The Hall–Kier alpha value is -7.20. The second-order valence-corrected chi connectivity index (χ2v) is 12.7. The number of aromatic amines is 1. The first-order valence-electron chi connectivity index (χ1n) is 17.9. The van der Waals surface area contributed by atoms with Crippen molar-refractivity contribution in [3.8, 4) is 33.8 Å². The van der Waals surface area contributed by atoms with Gasteiger partial charge < -0.3 is 24.3 Å². The first-order valence-corrected chi connectivity index (χ1v) is 17.9. The lowest BCUT2D eigenvalue weighted by Crippen LogP contribution is -2.11. The van der Waals surface area contributed by atoms with Gasteiger partial charge in [0.25, 0.3) is 0 Å². The lowest BCUT2D eigenvalue weighted by molar-refractivity contribution is -0.139. The third kappa shape index (κ3) is 10.3. The molecule has 7 aromatic rings. The predicted octanol–water partition coefficient (Wildman–Crippen LogP) is 9.20. The summed E-state index contributed by atoms with van der Waals surface area (Å²) in [6.07, 6.45) is 0.0959. The third-order valence-corrected chi connectivity index (χ3v) is 8.80. The fraction of sp³-hybridized carbons (Fsp3) is 0.130. The number of rotatable bonds is 12. The number of aromatic nitrogens is 2. The molecule has 0 aliphatic heterocycles. The normalized spacial score (nSPS) is 10.5. The van der Waals surface area contributed by atoms with E-state index in [4.69, 9.17) is 18.9 Å². The van der Waals surface area contributed by atoms with Crippen LogP contribution in [0.5, 0.6) is 11.5 Å². The zero-order chi connectivity index (χ0) is 39.3. The minimum atomic E-state index is -0.450. The van der Waals surface area contributed by atoms with Gasteiger partial charge in [-0.2, -0.15) is 5.10 Å². The van der Waals surface area contributed by atoms with Crippen LogP contribution in [0.25, 0.3) is 33.2 Å². The zero-order valence-corrected chi connectivity index (χ0v) is 31.3. The van der Waals surface area contributed by atoms with Crippen molar-refractivity contribution in [3.05, 3.63) is 168 Å². The molecule has 6 aromatic carbocycles. The van der Waals surface area contributed by atoms with E-state index in [1.807, 2.05) is 146 Å². The van der Waals surface area contributed by atoms with Crippen molar-refractivity contribution in [3.63, 3.8) is 0 Å². The number of fused-ring (bicyclic) bond motifs is 1. The maximum atomic E-state index is 11.7. The number of hydrogen-bond donors (Lipinski definition) is 2. The maximum Gasteiger partial charge on any atom is 0.359 e. The molecule has 0 spiro atoms. The summed E-state index contributed by atoms with van der Waals surface area (Å²) in [5.74, 6) is 0.594. The number of nitrogens with zero attached hydrogens (tertiary/aromatic N) is 1. The van der Waals surface area contributed by atoms with Crippen LogP contribution in [-0.2, 0) is 38.7 Å². The van der Waals surface area contributed by atoms with Gasteiger partial charge in [-0.15, -0.1) is 0 Å². The first kappa shape index (κ1) is 38.5. The Morgan fingerprint density at radius 1 is 0.607 bits per heavy atom. The number of carbonyl (C=O) groups is 3. The van der Waals surface area contributed by atoms with E-state index in [2.05, 4.69) is 15.5 Å². The average molecular weight is 748 g/mol. The predicted molar refractivity (Wildman–Crippen MR) is 216 cm³/mol. The summed E-state index contributed by atoms with van der Waals surface area (Å²) in [5, 5.41) is 10.5. The van der Waals surface area contributed by atoms with Gasteiger partial charge in [0.15, 0.2) is 5.69 Å². The lowest BCUT2D eigenvalue weighted by Gasteiger charge is -2.12. The molecule has 0 fully saturated rings. The fourth-order valence-corrected chi connectivity index (χ4v) is 5.86. The summed E-state index contributed by atoms with van der Waals surface area (Å²) in [5.41, 5.74) is 8.62. The molecule has 282 valence electrons. The molecule has 0 saturated heterocycles. The molecule has 0 bridgehead atoms. The summed E-state index contributed by atoms with van der Waals surface area (Å²) >= 11 is 0. The van der Waals surface area contributed by atoms with Crippen LogP contribution in [0.4, 0.5) is 5.69 Å². The van der Waals surface area contributed by atoms with Gasteiger partial charge in [-0.1, -0.05) is 103 Å². The van der Waals surface area contributed by atoms with Crippen molar-refractivity contribution in [2.24, 2.45) is 0 Å². The van der Waals surface area contributed by atoms with Crippen LogP contribution < -0.4 is 14.8 Å². The molecule has 10 heteroatoms. The van der Waals surface area contributed by atoms with Crippen molar-refractivity contribution >= 4 is 34.4 Å². The number of amides is 1. The molecule has 0 unspecified atom stereocenters. The monoisotopic (exact) mass is 747 g/mol. The molecule has 10 nitrogen and oxygen atoms in total. The van der Waals surface area contributed by atoms with Crippen LogP contribution in [0, 0.1) is 0 Å². The third-order valence-electron chi connectivity index (χ3n) is 8.80. The van der Waals surface area contributed by atoms with Gasteiger partial charge in [-0.05, 0) is 81.4 Å². The molecular formula is C46H41N3O7. The SMILES string of the molecule is COC(=O)Cc1ccc(-c2ccc(OCc3ccccc3)cc2)cc1NC(C)=O.COC(=O)c1n[nH]c2cc(-c3ccc(OCc4ccccc4)cc3)ccc12. The molecular weight excluding hydrogens is 707 g/mol. The quantitative estimate of drug-likeness (QED) is 0.118. The van der Waals surface area contributed by atoms with E-state index in [1.54, 1.807) is 0 Å². The lowest BCUT2D eigenvalue weighted by atomic mass is 10.0. The standard InChI is InChI=1S/C24H23NO4.C22H18N2O3/c1-17(26)25-23-14-20(8-9-21(23)15-24(27)28-2)19-10-12-22(13-11-19)29-16-18-6-4-3-5-7-18;1-26-22(25)21-19-12-9-17(13-20(19)23-24-21)16-7-10-18(11-8-16)27-14-15-5-3-2-4-6-15/h3-14H,15-16H2,1-2H3,(H,25,26);2-13H,14H2,1H3,(H,23,24). The smallest absolute Gasteiger partial charge is 0.359 e. The summed E-state index contributed by atoms with van der Waals surface area (Å²) < 4.78 is 21.1. The molecule has 0 radical (unpaired) electrons. The van der Waals surface area contributed by atoms with Crippen LogP contribution in [0.2, 0.25) is 0 Å². The van der Waals surface area contributed by atoms with Crippen molar-refractivity contribution in [2.45, 2.75) is 26.6 Å². The number of methoxy groups -OCH3 is 2. The van der Waals surface area contributed by atoms with Crippen molar-refractivity contribution in [2.75, 3.05) is 19.5 Å². The van der Waals surface area contributed by atoms with Gasteiger partial charge >= 0.3 is 11.9 Å². The topological polar surface area (TPSA) is 129 Å². The molecule has 2 N–H and O–H groups in total. The Morgan fingerprint density at radius 2 is 1.12 bits per heavy atom. The van der Waals surface area contributed by atoms with Crippen molar-refractivity contribution in [1.29, 1.82) is 0 Å². The van der Waals surface area contributed by atoms with Gasteiger partial charge in [0.2, 0.25) is 5.91 Å². The number of benzene rings is 6. The van der Waals surface area contributed by atoms with Crippen LogP contribution in [0.3, 0.4) is 0 Å². The van der Waals surface area contributed by atoms with Gasteiger partial charge in [0.1, 0.15) is 24.7 Å².